The van der Waals surface area contributed by atoms with Crippen LogP contribution < -0.4 is 11.1 Å². The molecular weight excluding hydrogens is 438 g/mol. The molecule has 0 radical (unpaired) electrons. The quantitative estimate of drug-likeness (QED) is 0.323. The van der Waals surface area contributed by atoms with Crippen molar-refractivity contribution >= 4 is 11.8 Å². The van der Waals surface area contributed by atoms with Gasteiger partial charge in [0.25, 0.3) is 0 Å². The number of carbonyl (C=O) groups excluding carboxylic acids is 2. The molecule has 0 heterocycles. The fourth-order valence-corrected chi connectivity index (χ4v) is 4.20. The van der Waals surface area contributed by atoms with Crippen LogP contribution in [0, 0.1) is 5.92 Å². The second-order valence-electron chi connectivity index (χ2n) is 9.68. The summed E-state index contributed by atoms with van der Waals surface area (Å²) in [5.41, 5.74) is 7.54. The zero-order valence-electron chi connectivity index (χ0n) is 22.8. The minimum Gasteiger partial charge on any atom is -0.383 e. The van der Waals surface area contributed by atoms with Crippen LogP contribution in [-0.2, 0) is 11.3 Å². The molecule has 1 aromatic rings. The zero-order chi connectivity index (χ0) is 26.1. The van der Waals surface area contributed by atoms with Crippen LogP contribution in [0.25, 0.3) is 0 Å². The van der Waals surface area contributed by atoms with E-state index in [0.29, 0.717) is 24.8 Å². The first kappa shape index (κ1) is 30.7. The van der Waals surface area contributed by atoms with Crippen LogP contribution in [0.4, 0.5) is 4.79 Å². The van der Waals surface area contributed by atoms with Crippen LogP contribution >= 0.6 is 0 Å². The first-order valence-electron chi connectivity index (χ1n) is 13.1. The second kappa shape index (κ2) is 18.0. The molecule has 198 valence electrons. The van der Waals surface area contributed by atoms with E-state index in [9.17, 15) is 9.59 Å². The molecule has 1 fully saturated rings. The van der Waals surface area contributed by atoms with Crippen molar-refractivity contribution in [2.45, 2.75) is 58.9 Å². The number of hydrogen-bond donors (Lipinski definition) is 2. The van der Waals surface area contributed by atoms with Crippen molar-refractivity contribution in [2.24, 2.45) is 11.7 Å². The molecule has 0 saturated heterocycles. The Bertz CT molecular complexity index is 751. The normalized spacial score (nSPS) is 16.7. The largest absolute Gasteiger partial charge is 0.383 e. The lowest BCUT2D eigenvalue weighted by Gasteiger charge is -2.23. The first-order chi connectivity index (χ1) is 16.8. The van der Waals surface area contributed by atoms with E-state index in [1.165, 1.54) is 31.2 Å². The van der Waals surface area contributed by atoms with Crippen molar-refractivity contribution in [2.75, 3.05) is 53.9 Å². The van der Waals surface area contributed by atoms with E-state index >= 15 is 0 Å². The fourth-order valence-electron chi connectivity index (χ4n) is 4.20. The summed E-state index contributed by atoms with van der Waals surface area (Å²) in [7, 11) is 6.00. The molecule has 0 spiro atoms. The van der Waals surface area contributed by atoms with Crippen molar-refractivity contribution in [3.8, 4) is 0 Å². The number of nitrogens with zero attached hydrogens (tertiary/aromatic N) is 3. The highest BCUT2D eigenvalue weighted by atomic mass is 16.2. The lowest BCUT2D eigenvalue weighted by atomic mass is 9.82. The van der Waals surface area contributed by atoms with E-state index in [1.807, 2.05) is 57.4 Å². The van der Waals surface area contributed by atoms with Crippen molar-refractivity contribution in [1.82, 2.24) is 20.0 Å². The number of rotatable bonds is 13. The lowest BCUT2D eigenvalue weighted by molar-refractivity contribution is -0.117. The summed E-state index contributed by atoms with van der Waals surface area (Å²) >= 11 is 0. The number of allylic oxidation sites excluding steroid dienone is 1. The van der Waals surface area contributed by atoms with Gasteiger partial charge in [-0.2, -0.15) is 0 Å². The molecule has 35 heavy (non-hydrogen) atoms. The molecule has 0 bridgehead atoms. The number of benzene rings is 1. The summed E-state index contributed by atoms with van der Waals surface area (Å²) in [5, 5.41) is 3.42. The Morgan fingerprint density at radius 2 is 1.83 bits per heavy atom. The molecular formula is C28H49N5O2. The van der Waals surface area contributed by atoms with Gasteiger partial charge in [-0.15, -0.1) is 0 Å². The van der Waals surface area contributed by atoms with Crippen LogP contribution in [0.5, 0.6) is 0 Å². The molecule has 7 nitrogen and oxygen atoms in total. The summed E-state index contributed by atoms with van der Waals surface area (Å²) in [6.45, 7) is 9.37. The third-order valence-electron chi connectivity index (χ3n) is 6.20. The number of urea groups is 1. The average Bonchev–Trinajstić information content (AvgIpc) is 2.81. The monoisotopic (exact) mass is 487 g/mol. The van der Waals surface area contributed by atoms with Crippen molar-refractivity contribution in [3.05, 3.63) is 47.7 Å². The average molecular weight is 488 g/mol. The highest BCUT2D eigenvalue weighted by molar-refractivity contribution is 5.96. The van der Waals surface area contributed by atoms with Crippen molar-refractivity contribution in [3.63, 3.8) is 0 Å². The molecule has 1 aromatic carbocycles. The highest BCUT2D eigenvalue weighted by Gasteiger charge is 2.23. The maximum atomic E-state index is 12.0. The maximum Gasteiger partial charge on any atom is 0.314 e. The number of nitrogens with one attached hydrogen (secondary N) is 1. The maximum absolute atomic E-state index is 12.0. The summed E-state index contributed by atoms with van der Waals surface area (Å²) in [6, 6.07) is 9.93. The van der Waals surface area contributed by atoms with Crippen LogP contribution in [0.1, 0.15) is 57.9 Å². The summed E-state index contributed by atoms with van der Waals surface area (Å²) in [6.07, 6.45) is 8.47. The van der Waals surface area contributed by atoms with Gasteiger partial charge in [0.05, 0.1) is 0 Å². The van der Waals surface area contributed by atoms with Gasteiger partial charge in [0.2, 0.25) is 0 Å². The van der Waals surface area contributed by atoms with Gasteiger partial charge >= 0.3 is 6.03 Å². The third kappa shape index (κ3) is 13.9. The van der Waals surface area contributed by atoms with Gasteiger partial charge in [0, 0.05) is 58.5 Å². The van der Waals surface area contributed by atoms with Crippen molar-refractivity contribution in [1.29, 1.82) is 0 Å². The molecule has 1 aliphatic carbocycles. The van der Waals surface area contributed by atoms with E-state index in [4.69, 9.17) is 5.73 Å². The van der Waals surface area contributed by atoms with E-state index in [2.05, 4.69) is 29.3 Å². The Morgan fingerprint density at radius 3 is 2.40 bits per heavy atom. The van der Waals surface area contributed by atoms with E-state index < -0.39 is 0 Å². The van der Waals surface area contributed by atoms with E-state index in [-0.39, 0.29) is 6.03 Å². The van der Waals surface area contributed by atoms with Crippen LogP contribution in [0.15, 0.2) is 42.1 Å². The Kier molecular flexibility index (Phi) is 15.7. The van der Waals surface area contributed by atoms with Gasteiger partial charge in [0.1, 0.15) is 0 Å². The standard InChI is InChI=1S/C15H28N2O.C13H21N3O/c1-4-9-16-10-5-6-13-7-8-14(12-17(2)3)15(18)11-13;1-3-16(13(14)17)10-9-15(2)11-12-7-5-4-6-8-12/h12-13,16H,4-11H2,1-3H3;4-8H,3,9-11H2,1-2H3,(H2,14,17)/b14-12+;. The van der Waals surface area contributed by atoms with Gasteiger partial charge in [-0.25, -0.2) is 4.79 Å². The number of likely N-dealkylation sites (N-methyl/N-ethyl adjacent to an activating group) is 2. The van der Waals surface area contributed by atoms with Gasteiger partial charge in [-0.05, 0) is 70.6 Å². The topological polar surface area (TPSA) is 81.9 Å². The minimum atomic E-state index is -0.347. The Labute approximate surface area is 213 Å². The molecule has 2 rings (SSSR count). The molecule has 0 aromatic heterocycles. The molecule has 1 aliphatic rings. The number of ketones is 1. The van der Waals surface area contributed by atoms with Crippen molar-refractivity contribution < 1.29 is 9.59 Å². The zero-order valence-corrected chi connectivity index (χ0v) is 22.8. The lowest BCUT2D eigenvalue weighted by Crippen LogP contribution is -2.40. The predicted molar refractivity (Wildman–Crippen MR) is 146 cm³/mol. The predicted octanol–water partition coefficient (Wildman–Crippen LogP) is 4.10. The Balaban J connectivity index is 0.000000351. The third-order valence-corrected chi connectivity index (χ3v) is 6.20. The first-order valence-corrected chi connectivity index (χ1v) is 13.1. The Hall–Kier alpha value is -2.38. The van der Waals surface area contributed by atoms with Gasteiger partial charge in [-0.3, -0.25) is 4.79 Å². The molecule has 3 N–H and O–H groups in total. The molecule has 1 unspecified atom stereocenters. The molecule has 0 aliphatic heterocycles. The van der Waals surface area contributed by atoms with Crippen LogP contribution in [0.3, 0.4) is 0 Å². The smallest absolute Gasteiger partial charge is 0.314 e. The molecule has 2 amide bonds. The van der Waals surface area contributed by atoms with Crippen LogP contribution in [0.2, 0.25) is 0 Å². The number of amides is 2. The van der Waals surface area contributed by atoms with Crippen LogP contribution in [-0.4, -0.2) is 80.4 Å². The fraction of sp³-hybridized carbons (Fsp3) is 0.643. The molecule has 1 atom stereocenters. The second-order valence-corrected chi connectivity index (χ2v) is 9.68. The number of nitrogens with two attached hydrogens (primary N) is 1. The summed E-state index contributed by atoms with van der Waals surface area (Å²) < 4.78 is 0. The Morgan fingerprint density at radius 1 is 1.11 bits per heavy atom. The number of Topliss-reactive ketones (excluding diaryl/α,β-unsaturated/α-hetero) is 1. The van der Waals surface area contributed by atoms with E-state index in [0.717, 1.165) is 44.6 Å². The summed E-state index contributed by atoms with van der Waals surface area (Å²) in [4.78, 5) is 28.8. The number of primary amides is 1. The molecule has 7 heteroatoms. The molecule has 1 saturated carbocycles. The van der Waals surface area contributed by atoms with E-state index in [1.54, 1.807) is 4.90 Å². The number of carbonyl (C=O) groups is 2. The van der Waals surface area contributed by atoms with Gasteiger partial charge in [-0.1, -0.05) is 37.3 Å². The van der Waals surface area contributed by atoms with Gasteiger partial charge in [0.15, 0.2) is 5.78 Å². The summed E-state index contributed by atoms with van der Waals surface area (Å²) in [5.74, 6) is 0.974. The SMILES string of the molecule is CCCNCCCC1CC/C(=C\N(C)C)C(=O)C1.CCN(CCN(C)Cc1ccccc1)C(N)=O. The highest BCUT2D eigenvalue weighted by Crippen LogP contribution is 2.28. The van der Waals surface area contributed by atoms with Gasteiger partial charge < -0.3 is 25.8 Å². The number of hydrogen-bond acceptors (Lipinski definition) is 5. The minimum absolute atomic E-state index is 0.347.